The van der Waals surface area contributed by atoms with Gasteiger partial charge in [-0.05, 0) is 51.3 Å². The number of nitrogens with zero attached hydrogens (tertiary/aromatic N) is 2. The highest BCUT2D eigenvalue weighted by molar-refractivity contribution is 5.01. The minimum Gasteiger partial charge on any atom is -0.320 e. The van der Waals surface area contributed by atoms with E-state index in [1.807, 2.05) is 7.05 Å². The average Bonchev–Trinajstić information content (AvgIpc) is 2.86. The van der Waals surface area contributed by atoms with E-state index in [1.165, 1.54) is 44.2 Å². The van der Waals surface area contributed by atoms with Gasteiger partial charge in [-0.25, -0.2) is 0 Å². The summed E-state index contributed by atoms with van der Waals surface area (Å²) >= 11 is 0. The monoisotopic (exact) mass is 249 g/mol. The van der Waals surface area contributed by atoms with Gasteiger partial charge in [-0.3, -0.25) is 4.68 Å². The van der Waals surface area contributed by atoms with Crippen LogP contribution < -0.4 is 5.32 Å². The number of hydrogen-bond acceptors (Lipinski definition) is 2. The van der Waals surface area contributed by atoms with Gasteiger partial charge in [0.15, 0.2) is 0 Å². The molecule has 0 aromatic carbocycles. The molecular weight excluding hydrogens is 222 g/mol. The number of nitrogens with one attached hydrogen (secondary N) is 1. The van der Waals surface area contributed by atoms with Crippen molar-refractivity contribution in [3.8, 4) is 0 Å². The molecule has 1 aliphatic carbocycles. The predicted octanol–water partition coefficient (Wildman–Crippen LogP) is 3.18. The lowest BCUT2D eigenvalue weighted by atomic mass is 9.96. The van der Waals surface area contributed by atoms with Crippen LogP contribution in [0.4, 0.5) is 0 Å². The van der Waals surface area contributed by atoms with Crippen LogP contribution in [0.3, 0.4) is 0 Å². The van der Waals surface area contributed by atoms with E-state index in [0.717, 1.165) is 13.0 Å². The molecule has 1 aromatic rings. The molecule has 1 unspecified atom stereocenters. The second-order valence-electron chi connectivity index (χ2n) is 5.78. The summed E-state index contributed by atoms with van der Waals surface area (Å²) < 4.78 is 2.22. The fourth-order valence-electron chi connectivity index (χ4n) is 2.89. The molecule has 3 heteroatoms. The van der Waals surface area contributed by atoms with E-state index in [1.54, 1.807) is 0 Å². The fraction of sp³-hybridized carbons (Fsp3) is 0.800. The molecule has 0 aliphatic heterocycles. The molecule has 0 amide bonds. The van der Waals surface area contributed by atoms with Crippen LogP contribution in [0.2, 0.25) is 0 Å². The summed E-state index contributed by atoms with van der Waals surface area (Å²) in [5.41, 5.74) is 1.27. The van der Waals surface area contributed by atoms with Gasteiger partial charge in [0.05, 0.1) is 11.7 Å². The van der Waals surface area contributed by atoms with Crippen molar-refractivity contribution in [3.05, 3.63) is 18.0 Å². The third-order valence-corrected chi connectivity index (χ3v) is 4.06. The molecule has 0 bridgehead atoms. The average molecular weight is 249 g/mol. The molecule has 1 saturated carbocycles. The van der Waals surface area contributed by atoms with Crippen LogP contribution >= 0.6 is 0 Å². The zero-order valence-electron chi connectivity index (χ0n) is 11.9. The second-order valence-corrected chi connectivity index (χ2v) is 5.78. The Morgan fingerprint density at radius 1 is 1.39 bits per heavy atom. The van der Waals surface area contributed by atoms with E-state index < -0.39 is 0 Å². The van der Waals surface area contributed by atoms with Crippen molar-refractivity contribution in [2.45, 2.75) is 57.9 Å². The third-order valence-electron chi connectivity index (χ3n) is 4.06. The summed E-state index contributed by atoms with van der Waals surface area (Å²) in [6, 6.07) is 2.88. The Kier molecular flexibility index (Phi) is 5.24. The van der Waals surface area contributed by atoms with Crippen LogP contribution in [0, 0.1) is 5.92 Å². The molecule has 1 heterocycles. The van der Waals surface area contributed by atoms with E-state index in [4.69, 9.17) is 5.10 Å². The van der Waals surface area contributed by atoms with Gasteiger partial charge in [0, 0.05) is 6.20 Å². The number of aromatic nitrogens is 2. The maximum Gasteiger partial charge on any atom is 0.0627 e. The lowest BCUT2D eigenvalue weighted by molar-refractivity contribution is 0.327. The van der Waals surface area contributed by atoms with Gasteiger partial charge in [-0.2, -0.15) is 5.10 Å². The van der Waals surface area contributed by atoms with Gasteiger partial charge in [0.1, 0.15) is 0 Å². The van der Waals surface area contributed by atoms with Crippen molar-refractivity contribution in [1.82, 2.24) is 15.1 Å². The van der Waals surface area contributed by atoms with Crippen LogP contribution in [0.1, 0.15) is 57.2 Å². The lowest BCUT2D eigenvalue weighted by Gasteiger charge is -2.21. The van der Waals surface area contributed by atoms with E-state index in [-0.39, 0.29) is 0 Å². The highest BCUT2D eigenvalue weighted by Crippen LogP contribution is 2.27. The first kappa shape index (κ1) is 13.6. The van der Waals surface area contributed by atoms with Crippen molar-refractivity contribution in [3.63, 3.8) is 0 Å². The molecule has 0 spiro atoms. The molecule has 1 fully saturated rings. The van der Waals surface area contributed by atoms with Crippen LogP contribution in [0.15, 0.2) is 12.3 Å². The Hall–Kier alpha value is -0.830. The Bertz CT molecular complexity index is 339. The molecular formula is C15H27N3. The zero-order chi connectivity index (χ0) is 12.8. The van der Waals surface area contributed by atoms with Gasteiger partial charge in [-0.15, -0.1) is 0 Å². The van der Waals surface area contributed by atoms with Gasteiger partial charge in [0.2, 0.25) is 0 Å². The summed E-state index contributed by atoms with van der Waals surface area (Å²) in [4.78, 5) is 0. The fourth-order valence-corrected chi connectivity index (χ4v) is 2.89. The molecule has 18 heavy (non-hydrogen) atoms. The minimum absolute atomic E-state index is 0.667. The van der Waals surface area contributed by atoms with Crippen molar-refractivity contribution in [2.75, 3.05) is 13.6 Å². The lowest BCUT2D eigenvalue weighted by Crippen LogP contribution is -2.15. The molecule has 102 valence electrons. The Labute approximate surface area is 111 Å². The normalized spacial score (nSPS) is 19.0. The smallest absolute Gasteiger partial charge is 0.0627 e. The van der Waals surface area contributed by atoms with Crippen LogP contribution in [0.25, 0.3) is 0 Å². The van der Waals surface area contributed by atoms with Gasteiger partial charge in [0.25, 0.3) is 0 Å². The maximum absolute atomic E-state index is 4.78. The standard InChI is InChI=1S/C15H27N3/c1-13(8-10-16-2)12-14-9-11-18(17-14)15-6-4-3-5-7-15/h9,11,13,15-16H,3-8,10,12H2,1-2H3. The number of hydrogen-bond donors (Lipinski definition) is 1. The van der Waals surface area contributed by atoms with Crippen LogP contribution in [-0.4, -0.2) is 23.4 Å². The summed E-state index contributed by atoms with van der Waals surface area (Å²) in [6.07, 6.45) is 11.3. The highest BCUT2D eigenvalue weighted by atomic mass is 15.3. The summed E-state index contributed by atoms with van der Waals surface area (Å²) in [5.74, 6) is 0.715. The largest absolute Gasteiger partial charge is 0.320 e. The molecule has 1 aliphatic rings. The van der Waals surface area contributed by atoms with Crippen LogP contribution in [0.5, 0.6) is 0 Å². The Morgan fingerprint density at radius 2 is 2.17 bits per heavy atom. The third kappa shape index (κ3) is 3.84. The van der Waals surface area contributed by atoms with Crippen molar-refractivity contribution in [2.24, 2.45) is 5.92 Å². The van der Waals surface area contributed by atoms with E-state index >= 15 is 0 Å². The van der Waals surface area contributed by atoms with Gasteiger partial charge < -0.3 is 5.32 Å². The highest BCUT2D eigenvalue weighted by Gasteiger charge is 2.16. The molecule has 0 saturated heterocycles. The topological polar surface area (TPSA) is 29.9 Å². The predicted molar refractivity (Wildman–Crippen MR) is 75.8 cm³/mol. The van der Waals surface area contributed by atoms with E-state index in [2.05, 4.69) is 29.2 Å². The van der Waals surface area contributed by atoms with Gasteiger partial charge >= 0.3 is 0 Å². The van der Waals surface area contributed by atoms with E-state index in [9.17, 15) is 0 Å². The van der Waals surface area contributed by atoms with Crippen LogP contribution in [-0.2, 0) is 6.42 Å². The Balaban J connectivity index is 1.85. The summed E-state index contributed by atoms with van der Waals surface area (Å²) in [7, 11) is 2.02. The molecule has 1 N–H and O–H groups in total. The Morgan fingerprint density at radius 3 is 2.89 bits per heavy atom. The van der Waals surface area contributed by atoms with Crippen molar-refractivity contribution < 1.29 is 0 Å². The first-order valence-corrected chi connectivity index (χ1v) is 7.48. The summed E-state index contributed by atoms with van der Waals surface area (Å²) in [6.45, 7) is 3.42. The summed E-state index contributed by atoms with van der Waals surface area (Å²) in [5, 5.41) is 7.99. The zero-order valence-corrected chi connectivity index (χ0v) is 11.9. The minimum atomic E-state index is 0.667. The van der Waals surface area contributed by atoms with E-state index in [0.29, 0.717) is 12.0 Å². The molecule has 3 nitrogen and oxygen atoms in total. The maximum atomic E-state index is 4.78. The second kappa shape index (κ2) is 6.93. The first-order valence-electron chi connectivity index (χ1n) is 7.48. The quantitative estimate of drug-likeness (QED) is 0.839. The molecule has 1 aromatic heterocycles. The molecule has 2 rings (SSSR count). The van der Waals surface area contributed by atoms with Crippen molar-refractivity contribution in [1.29, 1.82) is 0 Å². The molecule has 1 atom stereocenters. The number of rotatable bonds is 6. The SMILES string of the molecule is CNCCC(C)Cc1ccn(C2CCCCC2)n1. The first-order chi connectivity index (χ1) is 8.79. The van der Waals surface area contributed by atoms with Crippen molar-refractivity contribution >= 4 is 0 Å². The van der Waals surface area contributed by atoms with Gasteiger partial charge in [-0.1, -0.05) is 26.2 Å². The molecule has 0 radical (unpaired) electrons.